The molecule has 0 aliphatic carbocycles. The molecule has 21 heavy (non-hydrogen) atoms. The van der Waals surface area contributed by atoms with Crippen molar-refractivity contribution in [3.05, 3.63) is 34.9 Å². The van der Waals surface area contributed by atoms with E-state index in [0.29, 0.717) is 5.75 Å². The lowest BCUT2D eigenvalue weighted by Crippen LogP contribution is -2.08. The lowest BCUT2D eigenvalue weighted by molar-refractivity contribution is 0.238. The molecule has 0 amide bonds. The van der Waals surface area contributed by atoms with Crippen LogP contribution in [0.1, 0.15) is 65.0 Å². The molecule has 0 aliphatic rings. The first-order chi connectivity index (χ1) is 9.97. The molecule has 0 aromatic heterocycles. The number of aromatic hydroxyl groups is 1. The number of phenolic OH excluding ortho intramolecular Hbond substituents is 1. The van der Waals surface area contributed by atoms with Crippen LogP contribution in [0, 0.1) is 0 Å². The molecule has 0 radical (unpaired) electrons. The van der Waals surface area contributed by atoms with E-state index < -0.39 is 0 Å². The molecule has 1 aromatic carbocycles. The molecular formula is C19H30O2. The summed E-state index contributed by atoms with van der Waals surface area (Å²) in [7, 11) is 0. The lowest BCUT2D eigenvalue weighted by Gasteiger charge is -2.17. The summed E-state index contributed by atoms with van der Waals surface area (Å²) in [5.41, 5.74) is 3.45. The number of rotatable bonds is 8. The Morgan fingerprint density at radius 3 is 2.52 bits per heavy atom. The van der Waals surface area contributed by atoms with Crippen LogP contribution in [0.25, 0.3) is 0 Å². The average molecular weight is 290 g/mol. The Labute approximate surface area is 129 Å². The quantitative estimate of drug-likeness (QED) is 0.648. The van der Waals surface area contributed by atoms with Crippen molar-refractivity contribution in [2.45, 2.75) is 72.8 Å². The van der Waals surface area contributed by atoms with Gasteiger partial charge in [0.15, 0.2) is 0 Å². The Morgan fingerprint density at radius 2 is 1.95 bits per heavy atom. The van der Waals surface area contributed by atoms with E-state index >= 15 is 0 Å². The fourth-order valence-corrected chi connectivity index (χ4v) is 2.50. The Bertz CT molecular complexity index is 473. The largest absolute Gasteiger partial charge is 0.508 e. The predicted molar refractivity (Wildman–Crippen MR) is 90.2 cm³/mol. The van der Waals surface area contributed by atoms with E-state index in [-0.39, 0.29) is 6.10 Å². The molecule has 1 rings (SSSR count). The van der Waals surface area contributed by atoms with Crippen molar-refractivity contribution in [2.75, 3.05) is 0 Å². The molecule has 1 N–H and O–H groups in total. The van der Waals surface area contributed by atoms with Gasteiger partial charge in [-0.15, -0.1) is 0 Å². The number of benzene rings is 1. The number of hydrogen-bond acceptors (Lipinski definition) is 2. The molecule has 118 valence electrons. The van der Waals surface area contributed by atoms with Crippen molar-refractivity contribution in [1.82, 2.24) is 0 Å². The Balaban J connectivity index is 3.01. The molecule has 1 aromatic rings. The Hall–Kier alpha value is -1.44. The van der Waals surface area contributed by atoms with E-state index in [2.05, 4.69) is 32.9 Å². The highest BCUT2D eigenvalue weighted by Crippen LogP contribution is 2.33. The maximum absolute atomic E-state index is 10.4. The summed E-state index contributed by atoms with van der Waals surface area (Å²) >= 11 is 0. The number of hydrogen-bond donors (Lipinski definition) is 1. The van der Waals surface area contributed by atoms with Crippen molar-refractivity contribution in [1.29, 1.82) is 0 Å². The molecule has 0 aliphatic heterocycles. The van der Waals surface area contributed by atoms with Gasteiger partial charge in [-0.1, -0.05) is 31.9 Å². The summed E-state index contributed by atoms with van der Waals surface area (Å²) < 4.78 is 5.93. The summed E-state index contributed by atoms with van der Waals surface area (Å²) in [6.07, 6.45) is 7.24. The van der Waals surface area contributed by atoms with Crippen LogP contribution in [-0.4, -0.2) is 11.2 Å². The third-order valence-corrected chi connectivity index (χ3v) is 3.47. The Kier molecular flexibility index (Phi) is 7.35. The molecule has 0 saturated carbocycles. The molecule has 0 spiro atoms. The van der Waals surface area contributed by atoms with E-state index in [0.717, 1.165) is 49.0 Å². The summed E-state index contributed by atoms with van der Waals surface area (Å²) in [6.45, 7) is 10.5. The van der Waals surface area contributed by atoms with Crippen molar-refractivity contribution in [3.8, 4) is 11.5 Å². The zero-order valence-corrected chi connectivity index (χ0v) is 14.2. The summed E-state index contributed by atoms with van der Waals surface area (Å²) in [4.78, 5) is 0. The van der Waals surface area contributed by atoms with Crippen LogP contribution in [-0.2, 0) is 12.8 Å². The zero-order chi connectivity index (χ0) is 15.8. The SMILES string of the molecule is CC/C=C(/C)CCc1c(O)cc(CCC)cc1OC(C)C. The van der Waals surface area contributed by atoms with E-state index in [1.807, 2.05) is 19.9 Å². The van der Waals surface area contributed by atoms with Gasteiger partial charge in [-0.3, -0.25) is 0 Å². The highest BCUT2D eigenvalue weighted by molar-refractivity contribution is 5.48. The van der Waals surface area contributed by atoms with Gasteiger partial charge in [0.05, 0.1) is 6.10 Å². The van der Waals surface area contributed by atoms with Crippen LogP contribution in [0.4, 0.5) is 0 Å². The van der Waals surface area contributed by atoms with Crippen LogP contribution >= 0.6 is 0 Å². The van der Waals surface area contributed by atoms with E-state index in [1.54, 1.807) is 0 Å². The van der Waals surface area contributed by atoms with Crippen LogP contribution in [0.3, 0.4) is 0 Å². The van der Waals surface area contributed by atoms with Gasteiger partial charge >= 0.3 is 0 Å². The first-order valence-corrected chi connectivity index (χ1v) is 8.14. The molecule has 2 heteroatoms. The van der Waals surface area contributed by atoms with Gasteiger partial charge < -0.3 is 9.84 Å². The second-order valence-electron chi connectivity index (χ2n) is 5.97. The van der Waals surface area contributed by atoms with Crippen LogP contribution in [0.2, 0.25) is 0 Å². The molecular weight excluding hydrogens is 260 g/mol. The number of aryl methyl sites for hydroxylation is 1. The first kappa shape index (κ1) is 17.6. The Morgan fingerprint density at radius 1 is 1.24 bits per heavy atom. The van der Waals surface area contributed by atoms with Gasteiger partial charge in [0.25, 0.3) is 0 Å². The van der Waals surface area contributed by atoms with E-state index in [1.165, 1.54) is 5.57 Å². The second kappa shape index (κ2) is 8.76. The highest BCUT2D eigenvalue weighted by Gasteiger charge is 2.13. The van der Waals surface area contributed by atoms with Gasteiger partial charge in [-0.2, -0.15) is 0 Å². The molecule has 0 atom stereocenters. The maximum Gasteiger partial charge on any atom is 0.126 e. The van der Waals surface area contributed by atoms with Gasteiger partial charge in [0.1, 0.15) is 11.5 Å². The van der Waals surface area contributed by atoms with Crippen molar-refractivity contribution >= 4 is 0 Å². The smallest absolute Gasteiger partial charge is 0.126 e. The third-order valence-electron chi connectivity index (χ3n) is 3.47. The minimum Gasteiger partial charge on any atom is -0.508 e. The topological polar surface area (TPSA) is 29.5 Å². The van der Waals surface area contributed by atoms with Gasteiger partial charge in [-0.25, -0.2) is 0 Å². The molecule has 0 heterocycles. The molecule has 2 nitrogen and oxygen atoms in total. The highest BCUT2D eigenvalue weighted by atomic mass is 16.5. The minimum absolute atomic E-state index is 0.118. The first-order valence-electron chi connectivity index (χ1n) is 8.14. The fourth-order valence-electron chi connectivity index (χ4n) is 2.50. The number of phenols is 1. The van der Waals surface area contributed by atoms with E-state index in [9.17, 15) is 5.11 Å². The molecule has 0 fully saturated rings. The zero-order valence-electron chi connectivity index (χ0n) is 14.2. The lowest BCUT2D eigenvalue weighted by atomic mass is 9.99. The molecule has 0 bridgehead atoms. The minimum atomic E-state index is 0.118. The van der Waals surface area contributed by atoms with Crippen LogP contribution in [0.5, 0.6) is 11.5 Å². The standard InChI is InChI=1S/C19H30O2/c1-6-8-15(5)10-11-17-18(20)12-16(9-7-2)13-19(17)21-14(3)4/h8,12-14,20H,6-7,9-11H2,1-5H3/b15-8-. The second-order valence-corrected chi connectivity index (χ2v) is 5.97. The summed E-state index contributed by atoms with van der Waals surface area (Å²) in [6, 6.07) is 3.99. The van der Waals surface area contributed by atoms with Crippen LogP contribution < -0.4 is 4.74 Å². The maximum atomic E-state index is 10.4. The van der Waals surface area contributed by atoms with Gasteiger partial charge in [0, 0.05) is 5.56 Å². The van der Waals surface area contributed by atoms with E-state index in [4.69, 9.17) is 4.74 Å². The number of allylic oxidation sites excluding steroid dienone is 2. The van der Waals surface area contributed by atoms with Crippen molar-refractivity contribution < 1.29 is 9.84 Å². The van der Waals surface area contributed by atoms with Crippen molar-refractivity contribution in [2.24, 2.45) is 0 Å². The monoisotopic (exact) mass is 290 g/mol. The summed E-state index contributed by atoms with van der Waals surface area (Å²) in [5.74, 6) is 1.22. The van der Waals surface area contributed by atoms with Crippen LogP contribution in [0.15, 0.2) is 23.8 Å². The fraction of sp³-hybridized carbons (Fsp3) is 0.579. The van der Waals surface area contributed by atoms with Crippen molar-refractivity contribution in [3.63, 3.8) is 0 Å². The molecule has 0 saturated heterocycles. The third kappa shape index (κ3) is 5.82. The molecule has 0 unspecified atom stereocenters. The predicted octanol–water partition coefficient (Wildman–Crippen LogP) is 5.42. The summed E-state index contributed by atoms with van der Waals surface area (Å²) in [5, 5.41) is 10.4. The van der Waals surface area contributed by atoms with Gasteiger partial charge in [-0.05, 0) is 64.2 Å². The number of ether oxygens (including phenoxy) is 1. The van der Waals surface area contributed by atoms with Gasteiger partial charge in [0.2, 0.25) is 0 Å². The average Bonchev–Trinajstić information content (AvgIpc) is 2.37. The normalized spacial score (nSPS) is 12.0.